The molecular formula is C5H3Cl2N2ORb. The molecule has 0 radical (unpaired) electrons. The minimum absolute atomic E-state index is 0. The second-order valence-electron chi connectivity index (χ2n) is 1.44. The Labute approximate surface area is 123 Å². The monoisotopic (exact) mass is 262 g/mol. The molecule has 11 heavy (non-hydrogen) atoms. The fraction of sp³-hybridized carbons (Fsp3) is 0.200. The summed E-state index contributed by atoms with van der Waals surface area (Å²) in [6, 6.07) is 0. The second kappa shape index (κ2) is 5.83. The number of halogens is 2. The molecule has 1 rings (SSSR count). The van der Waals surface area contributed by atoms with Crippen LogP contribution in [0.15, 0.2) is 0 Å². The van der Waals surface area contributed by atoms with Crippen molar-refractivity contribution in [1.82, 2.24) is 9.97 Å². The van der Waals surface area contributed by atoms with Crippen molar-refractivity contribution in [2.45, 2.75) is 0 Å². The minimum Gasteiger partial charge on any atom is -0.516 e. The maximum Gasteiger partial charge on any atom is 1.00 e. The van der Waals surface area contributed by atoms with Gasteiger partial charge in [0.15, 0.2) is 0 Å². The molecule has 0 bridgehead atoms. The van der Waals surface area contributed by atoms with Gasteiger partial charge in [-0.05, 0) is 0 Å². The zero-order valence-corrected chi connectivity index (χ0v) is 12.5. The predicted octanol–water partition coefficient (Wildman–Crippen LogP) is -1.40. The standard InChI is InChI=1S/C5H3Cl2N2O.Rb/c1-10-3-4(6)8-2-9-5(3)7;/h1H3;/q-1;+1. The number of methoxy groups -OCH3 is 1. The van der Waals surface area contributed by atoms with Crippen LogP contribution in [-0.2, 0) is 0 Å². The summed E-state index contributed by atoms with van der Waals surface area (Å²) < 4.78 is 4.77. The van der Waals surface area contributed by atoms with E-state index in [1.165, 1.54) is 7.11 Å². The van der Waals surface area contributed by atoms with Gasteiger partial charge in [0.25, 0.3) is 0 Å². The number of ether oxygens (including phenoxy) is 1. The molecule has 54 valence electrons. The van der Waals surface area contributed by atoms with E-state index >= 15 is 0 Å². The Morgan fingerprint density at radius 2 is 1.73 bits per heavy atom. The van der Waals surface area contributed by atoms with Crippen LogP contribution in [0.25, 0.3) is 0 Å². The molecule has 6 heteroatoms. The van der Waals surface area contributed by atoms with Gasteiger partial charge in [0.05, 0.1) is 23.2 Å². The quantitative estimate of drug-likeness (QED) is 0.462. The van der Waals surface area contributed by atoms with Crippen LogP contribution in [0.3, 0.4) is 0 Å². The molecule has 0 saturated carbocycles. The van der Waals surface area contributed by atoms with E-state index in [1.54, 1.807) is 0 Å². The first-order chi connectivity index (χ1) is 4.75. The van der Waals surface area contributed by atoms with Crippen molar-refractivity contribution in [1.29, 1.82) is 0 Å². The summed E-state index contributed by atoms with van der Waals surface area (Å²) in [7, 11) is 1.44. The maximum absolute atomic E-state index is 5.54. The van der Waals surface area contributed by atoms with Crippen molar-refractivity contribution >= 4 is 23.2 Å². The summed E-state index contributed by atoms with van der Waals surface area (Å²) in [5.41, 5.74) is 0. The summed E-state index contributed by atoms with van der Waals surface area (Å²) >= 11 is 11.1. The van der Waals surface area contributed by atoms with E-state index in [0.717, 1.165) is 0 Å². The van der Waals surface area contributed by atoms with E-state index < -0.39 is 0 Å². The number of nitrogens with zero attached hydrogens (tertiary/aromatic N) is 2. The molecule has 0 aromatic carbocycles. The third kappa shape index (κ3) is 3.24. The first kappa shape index (κ1) is 12.3. The van der Waals surface area contributed by atoms with Crippen LogP contribution in [-0.4, -0.2) is 17.1 Å². The molecule has 0 aliphatic carbocycles. The molecule has 0 spiro atoms. The van der Waals surface area contributed by atoms with Crippen LogP contribution < -0.4 is 62.9 Å². The largest absolute Gasteiger partial charge is 1.00 e. The molecule has 1 aromatic rings. The second-order valence-corrected chi connectivity index (χ2v) is 2.15. The number of hydrogen-bond acceptors (Lipinski definition) is 3. The average Bonchev–Trinajstić information content (AvgIpc) is 1.88. The van der Waals surface area contributed by atoms with E-state index in [4.69, 9.17) is 27.9 Å². The van der Waals surface area contributed by atoms with Crippen molar-refractivity contribution in [3.05, 3.63) is 16.6 Å². The molecule has 1 heterocycles. The van der Waals surface area contributed by atoms with Gasteiger partial charge < -0.3 is 14.7 Å². The summed E-state index contributed by atoms with van der Waals surface area (Å²) in [6.45, 7) is 0. The summed E-state index contributed by atoms with van der Waals surface area (Å²) in [5.74, 6) is 0.280. The fourth-order valence-corrected chi connectivity index (χ4v) is 0.925. The minimum atomic E-state index is 0. The van der Waals surface area contributed by atoms with Crippen LogP contribution in [0.2, 0.25) is 10.3 Å². The Morgan fingerprint density at radius 3 is 2.00 bits per heavy atom. The summed E-state index contributed by atoms with van der Waals surface area (Å²) in [6.07, 6.45) is 2.26. The number of hydrogen-bond donors (Lipinski definition) is 0. The van der Waals surface area contributed by atoms with Crippen molar-refractivity contribution in [3.8, 4) is 5.75 Å². The predicted molar refractivity (Wildman–Crippen MR) is 37.4 cm³/mol. The Bertz CT molecular complexity index is 226. The zero-order valence-electron chi connectivity index (χ0n) is 6.06. The Balaban J connectivity index is 0.000001000. The fourth-order valence-electron chi connectivity index (χ4n) is 0.468. The Morgan fingerprint density at radius 1 is 1.27 bits per heavy atom. The van der Waals surface area contributed by atoms with Gasteiger partial charge in [-0.25, -0.2) is 0 Å². The Kier molecular flexibility index (Phi) is 6.50. The van der Waals surface area contributed by atoms with E-state index in [9.17, 15) is 0 Å². The smallest absolute Gasteiger partial charge is 0.516 e. The van der Waals surface area contributed by atoms with Gasteiger partial charge in [0.2, 0.25) is 0 Å². The molecule has 0 N–H and O–H groups in total. The van der Waals surface area contributed by atoms with Gasteiger partial charge >= 0.3 is 58.2 Å². The topological polar surface area (TPSA) is 35.0 Å². The van der Waals surface area contributed by atoms with E-state index in [2.05, 4.69) is 16.3 Å². The number of rotatable bonds is 1. The van der Waals surface area contributed by atoms with E-state index in [1.807, 2.05) is 0 Å². The molecule has 0 aliphatic rings. The van der Waals surface area contributed by atoms with Gasteiger partial charge in [-0.15, -0.1) is 23.2 Å². The average molecular weight is 263 g/mol. The SMILES string of the molecule is COc1c(Cl)n[c-]nc1Cl.[Rb+]. The number of aromatic nitrogens is 2. The summed E-state index contributed by atoms with van der Waals surface area (Å²) in [5, 5.41) is 0.338. The third-order valence-electron chi connectivity index (χ3n) is 0.875. The van der Waals surface area contributed by atoms with Crippen LogP contribution in [0.4, 0.5) is 0 Å². The molecule has 0 unspecified atom stereocenters. The first-order valence-electron chi connectivity index (χ1n) is 2.38. The molecule has 0 atom stereocenters. The van der Waals surface area contributed by atoms with Gasteiger partial charge in [0.1, 0.15) is 0 Å². The van der Waals surface area contributed by atoms with Crippen LogP contribution in [0.5, 0.6) is 5.75 Å². The van der Waals surface area contributed by atoms with Gasteiger partial charge in [-0.1, -0.05) is 0 Å². The van der Waals surface area contributed by atoms with Gasteiger partial charge in [-0.3, -0.25) is 0 Å². The van der Waals surface area contributed by atoms with Crippen molar-refractivity contribution < 1.29 is 62.9 Å². The molecule has 0 amide bonds. The molecular weight excluding hydrogens is 260 g/mol. The Hall–Kier alpha value is 1.27. The van der Waals surface area contributed by atoms with Gasteiger partial charge in [0, 0.05) is 6.33 Å². The van der Waals surface area contributed by atoms with E-state index in [-0.39, 0.29) is 74.2 Å². The van der Waals surface area contributed by atoms with Crippen LogP contribution in [0, 0.1) is 6.33 Å². The first-order valence-corrected chi connectivity index (χ1v) is 3.14. The normalized spacial score (nSPS) is 8.64. The zero-order chi connectivity index (χ0) is 7.56. The molecule has 3 nitrogen and oxygen atoms in total. The molecule has 0 aliphatic heterocycles. The van der Waals surface area contributed by atoms with Crippen molar-refractivity contribution in [2.24, 2.45) is 0 Å². The van der Waals surface area contributed by atoms with E-state index in [0.29, 0.717) is 0 Å². The molecule has 1 aromatic heterocycles. The third-order valence-corrected chi connectivity index (χ3v) is 1.39. The maximum atomic E-state index is 5.54. The van der Waals surface area contributed by atoms with Crippen molar-refractivity contribution in [3.63, 3.8) is 0 Å². The van der Waals surface area contributed by atoms with Crippen LogP contribution in [0.1, 0.15) is 0 Å². The van der Waals surface area contributed by atoms with Crippen molar-refractivity contribution in [2.75, 3.05) is 7.11 Å². The summed E-state index contributed by atoms with van der Waals surface area (Å²) in [4.78, 5) is 7.06. The molecule has 0 fully saturated rings. The molecule has 0 saturated heterocycles. The van der Waals surface area contributed by atoms with Gasteiger partial charge in [-0.2, -0.15) is 0 Å². The van der Waals surface area contributed by atoms with Crippen LogP contribution >= 0.6 is 23.2 Å².